The van der Waals surface area contributed by atoms with Crippen LogP contribution in [0.5, 0.6) is 0 Å². The Morgan fingerprint density at radius 3 is 2.29 bits per heavy atom. The Kier molecular flexibility index (Phi) is 5.53. The Balaban J connectivity index is 2.16. The highest BCUT2D eigenvalue weighted by molar-refractivity contribution is 9.10. The fourth-order valence-electron chi connectivity index (χ4n) is 2.41. The van der Waals surface area contributed by atoms with E-state index in [-0.39, 0.29) is 11.5 Å². The van der Waals surface area contributed by atoms with Crippen molar-refractivity contribution in [2.45, 2.75) is 53.6 Å². The van der Waals surface area contributed by atoms with Gasteiger partial charge in [-0.25, -0.2) is 0 Å². The number of benzene rings is 1. The topological polar surface area (TPSA) is 58.2 Å². The molecule has 0 spiro atoms. The van der Waals surface area contributed by atoms with Crippen LogP contribution in [0, 0.1) is 5.41 Å². The highest BCUT2D eigenvalue weighted by Gasteiger charge is 2.26. The summed E-state index contributed by atoms with van der Waals surface area (Å²) in [5.74, 6) is 0. The van der Waals surface area contributed by atoms with Crippen molar-refractivity contribution in [3.63, 3.8) is 0 Å². The van der Waals surface area contributed by atoms with Crippen LogP contribution in [-0.2, 0) is 13.0 Å². The third kappa shape index (κ3) is 3.89. The molecule has 0 fully saturated rings. The standard InChI is InChI=1S/C19H25BrN2O2/c1-6-12-9-14(20)8-7-13(12)10-21-15-16(18(24)17(15)23)22-11(2)19(3,4)5/h7-9,11,21-22H,6,10H2,1-5H3. The zero-order valence-electron chi connectivity index (χ0n) is 14.9. The third-order valence-electron chi connectivity index (χ3n) is 4.58. The summed E-state index contributed by atoms with van der Waals surface area (Å²) in [6.07, 6.45) is 0.911. The molecule has 5 heteroatoms. The summed E-state index contributed by atoms with van der Waals surface area (Å²) in [5, 5.41) is 6.35. The number of rotatable bonds is 6. The van der Waals surface area contributed by atoms with Crippen molar-refractivity contribution in [3.8, 4) is 0 Å². The van der Waals surface area contributed by atoms with Crippen LogP contribution in [0.2, 0.25) is 0 Å². The summed E-state index contributed by atoms with van der Waals surface area (Å²) in [4.78, 5) is 23.8. The van der Waals surface area contributed by atoms with Crippen LogP contribution in [-0.4, -0.2) is 6.04 Å². The van der Waals surface area contributed by atoms with Gasteiger partial charge in [-0.2, -0.15) is 0 Å². The Morgan fingerprint density at radius 2 is 1.71 bits per heavy atom. The molecule has 0 radical (unpaired) electrons. The second kappa shape index (κ2) is 7.09. The number of hydrogen-bond donors (Lipinski definition) is 2. The van der Waals surface area contributed by atoms with Crippen molar-refractivity contribution in [2.75, 3.05) is 10.6 Å². The summed E-state index contributed by atoms with van der Waals surface area (Å²) >= 11 is 3.48. The molecule has 130 valence electrons. The largest absolute Gasteiger partial charge is 0.377 e. The number of anilines is 2. The van der Waals surface area contributed by atoms with Crippen molar-refractivity contribution in [1.29, 1.82) is 0 Å². The van der Waals surface area contributed by atoms with Gasteiger partial charge >= 0.3 is 0 Å². The van der Waals surface area contributed by atoms with Gasteiger partial charge in [-0.15, -0.1) is 0 Å². The SMILES string of the molecule is CCc1cc(Br)ccc1CNc1c(NC(C)C(C)(C)C)c(=O)c1=O. The average molecular weight is 393 g/mol. The van der Waals surface area contributed by atoms with Gasteiger partial charge in [0.1, 0.15) is 11.4 Å². The molecule has 2 rings (SSSR count). The minimum Gasteiger partial charge on any atom is -0.377 e. The van der Waals surface area contributed by atoms with Gasteiger partial charge in [0, 0.05) is 17.1 Å². The quantitative estimate of drug-likeness (QED) is 0.727. The van der Waals surface area contributed by atoms with E-state index in [9.17, 15) is 9.59 Å². The van der Waals surface area contributed by atoms with Crippen LogP contribution < -0.4 is 21.5 Å². The first-order chi connectivity index (χ1) is 11.1. The number of hydrogen-bond acceptors (Lipinski definition) is 4. The molecular formula is C19H25BrN2O2. The van der Waals surface area contributed by atoms with Crippen molar-refractivity contribution < 1.29 is 0 Å². The molecule has 0 aliphatic rings. The Labute approximate surface area is 151 Å². The van der Waals surface area contributed by atoms with Gasteiger partial charge in [0.05, 0.1) is 0 Å². The van der Waals surface area contributed by atoms with E-state index in [1.165, 1.54) is 5.56 Å². The molecule has 2 aromatic rings. The first kappa shape index (κ1) is 18.7. The molecule has 2 N–H and O–H groups in total. The van der Waals surface area contributed by atoms with Gasteiger partial charge < -0.3 is 10.6 Å². The monoisotopic (exact) mass is 392 g/mol. The normalized spacial score (nSPS) is 13.1. The fourth-order valence-corrected chi connectivity index (χ4v) is 2.82. The minimum absolute atomic E-state index is 0.00187. The van der Waals surface area contributed by atoms with Crippen molar-refractivity contribution >= 4 is 27.3 Å². The second-order valence-corrected chi connectivity index (χ2v) is 8.18. The summed E-state index contributed by atoms with van der Waals surface area (Å²) in [7, 11) is 0. The average Bonchev–Trinajstić information content (AvgIpc) is 2.53. The number of halogens is 1. The van der Waals surface area contributed by atoms with Crippen molar-refractivity contribution in [1.82, 2.24) is 0 Å². The van der Waals surface area contributed by atoms with E-state index < -0.39 is 10.9 Å². The highest BCUT2D eigenvalue weighted by atomic mass is 79.9. The third-order valence-corrected chi connectivity index (χ3v) is 5.07. The van der Waals surface area contributed by atoms with E-state index in [4.69, 9.17) is 0 Å². The molecular weight excluding hydrogens is 368 g/mol. The van der Waals surface area contributed by atoms with Gasteiger partial charge in [-0.1, -0.05) is 49.7 Å². The molecule has 1 atom stereocenters. The first-order valence-electron chi connectivity index (χ1n) is 8.26. The highest BCUT2D eigenvalue weighted by Crippen LogP contribution is 2.25. The maximum absolute atomic E-state index is 11.9. The van der Waals surface area contributed by atoms with Crippen molar-refractivity contribution in [2.24, 2.45) is 5.41 Å². The summed E-state index contributed by atoms with van der Waals surface area (Å²) in [5.41, 5.74) is 2.29. The van der Waals surface area contributed by atoms with E-state index in [0.29, 0.717) is 17.9 Å². The summed E-state index contributed by atoms with van der Waals surface area (Å²) in [6.45, 7) is 10.9. The predicted molar refractivity (Wildman–Crippen MR) is 105 cm³/mol. The smallest absolute Gasteiger partial charge is 0.253 e. The molecule has 1 unspecified atom stereocenters. The molecule has 4 nitrogen and oxygen atoms in total. The van der Waals surface area contributed by atoms with Crippen LogP contribution in [0.25, 0.3) is 0 Å². The number of aryl methyl sites for hydroxylation is 1. The van der Waals surface area contributed by atoms with Gasteiger partial charge in [0.15, 0.2) is 0 Å². The fraction of sp³-hybridized carbons (Fsp3) is 0.474. The summed E-state index contributed by atoms with van der Waals surface area (Å²) in [6, 6.07) is 6.19. The van der Waals surface area contributed by atoms with Crippen LogP contribution in [0.3, 0.4) is 0 Å². The molecule has 24 heavy (non-hydrogen) atoms. The maximum atomic E-state index is 11.9. The van der Waals surface area contributed by atoms with Crippen LogP contribution in [0.15, 0.2) is 32.3 Å². The molecule has 0 aliphatic heterocycles. The molecule has 0 heterocycles. The lowest BCUT2D eigenvalue weighted by Gasteiger charge is -2.30. The van der Waals surface area contributed by atoms with E-state index in [1.54, 1.807) is 0 Å². The molecule has 0 amide bonds. The van der Waals surface area contributed by atoms with Crippen LogP contribution >= 0.6 is 15.9 Å². The van der Waals surface area contributed by atoms with Gasteiger partial charge in [-0.3, -0.25) is 9.59 Å². The van der Waals surface area contributed by atoms with E-state index in [0.717, 1.165) is 16.5 Å². The Bertz CT molecular complexity index is 799. The zero-order valence-corrected chi connectivity index (χ0v) is 16.5. The van der Waals surface area contributed by atoms with Gasteiger partial charge in [0.2, 0.25) is 0 Å². The van der Waals surface area contributed by atoms with Gasteiger partial charge in [0.25, 0.3) is 10.9 Å². The lowest BCUT2D eigenvalue weighted by atomic mass is 9.87. The van der Waals surface area contributed by atoms with Gasteiger partial charge in [-0.05, 0) is 42.0 Å². The first-order valence-corrected chi connectivity index (χ1v) is 9.05. The molecule has 2 aromatic carbocycles. The molecule has 0 aliphatic carbocycles. The maximum Gasteiger partial charge on any atom is 0.253 e. The number of nitrogens with one attached hydrogen (secondary N) is 2. The molecule has 0 saturated carbocycles. The minimum atomic E-state index is -0.436. The van der Waals surface area contributed by atoms with E-state index in [2.05, 4.69) is 60.3 Å². The zero-order chi connectivity index (χ0) is 18.1. The van der Waals surface area contributed by atoms with E-state index in [1.807, 2.05) is 19.1 Å². The molecule has 0 aromatic heterocycles. The van der Waals surface area contributed by atoms with Crippen LogP contribution in [0.4, 0.5) is 11.4 Å². The van der Waals surface area contributed by atoms with Crippen molar-refractivity contribution in [3.05, 3.63) is 54.2 Å². The lowest BCUT2D eigenvalue weighted by molar-refractivity contribution is 0.359. The Hall–Kier alpha value is -1.62. The van der Waals surface area contributed by atoms with Crippen LogP contribution in [0.1, 0.15) is 45.7 Å². The predicted octanol–water partition coefficient (Wildman–Crippen LogP) is 4.07. The summed E-state index contributed by atoms with van der Waals surface area (Å²) < 4.78 is 1.04. The molecule has 0 saturated heterocycles. The van der Waals surface area contributed by atoms with E-state index >= 15 is 0 Å². The second-order valence-electron chi connectivity index (χ2n) is 7.26. The lowest BCUT2D eigenvalue weighted by Crippen LogP contribution is -2.42. The molecule has 0 bridgehead atoms. The Morgan fingerprint density at radius 1 is 1.08 bits per heavy atom.